The fourth-order valence-electron chi connectivity index (χ4n) is 2.09. The van der Waals surface area contributed by atoms with E-state index in [2.05, 4.69) is 20.2 Å². The molecule has 0 bridgehead atoms. The first-order chi connectivity index (χ1) is 9.29. The summed E-state index contributed by atoms with van der Waals surface area (Å²) in [5.41, 5.74) is 0. The van der Waals surface area contributed by atoms with Gasteiger partial charge in [-0.1, -0.05) is 11.8 Å². The summed E-state index contributed by atoms with van der Waals surface area (Å²) >= 11 is 1.46. The minimum atomic E-state index is 0.0469. The summed E-state index contributed by atoms with van der Waals surface area (Å²) in [4.78, 5) is 22.2. The molecule has 1 aromatic rings. The molecule has 0 atom stereocenters. The third-order valence-electron chi connectivity index (χ3n) is 3.03. The maximum Gasteiger partial charge on any atom is 0.230 e. The van der Waals surface area contributed by atoms with Gasteiger partial charge in [0.05, 0.1) is 5.75 Å². The smallest absolute Gasteiger partial charge is 0.230 e. The van der Waals surface area contributed by atoms with Gasteiger partial charge in [0.25, 0.3) is 0 Å². The van der Waals surface area contributed by atoms with Crippen molar-refractivity contribution in [3.8, 4) is 0 Å². The van der Waals surface area contributed by atoms with Crippen LogP contribution in [0.3, 0.4) is 0 Å². The lowest BCUT2D eigenvalue weighted by Crippen LogP contribution is -2.30. The van der Waals surface area contributed by atoms with E-state index in [0.717, 1.165) is 23.9 Å². The van der Waals surface area contributed by atoms with E-state index in [1.165, 1.54) is 31.0 Å². The molecule has 2 rings (SSSR count). The quantitative estimate of drug-likeness (QED) is 0.657. The monoisotopic (exact) mass is 280 g/mol. The molecular weight excluding hydrogens is 260 g/mol. The molecule has 1 aliphatic rings. The number of piperidine rings is 1. The Morgan fingerprint density at radius 1 is 1.37 bits per heavy atom. The second-order valence-electron chi connectivity index (χ2n) is 4.50. The highest BCUT2D eigenvalue weighted by Crippen LogP contribution is 2.22. The molecule has 0 unspecified atom stereocenters. The number of carbonyl (C=O) groups excluding carboxylic acids is 1. The second kappa shape index (κ2) is 7.33. The van der Waals surface area contributed by atoms with Crippen molar-refractivity contribution in [3.63, 3.8) is 0 Å². The molecule has 5 nitrogen and oxygen atoms in total. The van der Waals surface area contributed by atoms with Gasteiger partial charge in [0.15, 0.2) is 0 Å². The number of nitrogens with one attached hydrogen (secondary N) is 1. The number of amides is 1. The van der Waals surface area contributed by atoms with Crippen LogP contribution in [0.25, 0.3) is 0 Å². The third kappa shape index (κ3) is 4.38. The minimum absolute atomic E-state index is 0.0469. The molecule has 1 amide bonds. The van der Waals surface area contributed by atoms with Crippen molar-refractivity contribution in [3.05, 3.63) is 12.4 Å². The topological polar surface area (TPSA) is 58.1 Å². The lowest BCUT2D eigenvalue weighted by Gasteiger charge is -2.27. The SMILES string of the molecule is CCNC(=O)CSc1cc(N2CCCCC2)ncn1. The zero-order chi connectivity index (χ0) is 13.5. The number of thioether (sulfide) groups is 1. The van der Waals surface area contributed by atoms with Crippen LogP contribution in [-0.4, -0.2) is 41.3 Å². The second-order valence-corrected chi connectivity index (χ2v) is 5.50. The van der Waals surface area contributed by atoms with Crippen LogP contribution < -0.4 is 10.2 Å². The van der Waals surface area contributed by atoms with Gasteiger partial charge in [-0.3, -0.25) is 4.79 Å². The van der Waals surface area contributed by atoms with Crippen LogP contribution >= 0.6 is 11.8 Å². The Bertz CT molecular complexity index is 421. The van der Waals surface area contributed by atoms with Crippen molar-refractivity contribution in [1.29, 1.82) is 0 Å². The number of hydrogen-bond donors (Lipinski definition) is 1. The Hall–Kier alpha value is -1.30. The first-order valence-electron chi connectivity index (χ1n) is 6.76. The molecule has 1 fully saturated rings. The Morgan fingerprint density at radius 3 is 2.89 bits per heavy atom. The molecule has 2 heterocycles. The molecule has 104 valence electrons. The fraction of sp³-hybridized carbons (Fsp3) is 0.615. The Balaban J connectivity index is 1.92. The van der Waals surface area contributed by atoms with Crippen LogP contribution in [0.1, 0.15) is 26.2 Å². The Labute approximate surface area is 118 Å². The molecule has 0 spiro atoms. The maximum absolute atomic E-state index is 11.4. The summed E-state index contributed by atoms with van der Waals surface area (Å²) in [6, 6.07) is 1.98. The van der Waals surface area contributed by atoms with E-state index in [0.29, 0.717) is 12.3 Å². The largest absolute Gasteiger partial charge is 0.356 e. The zero-order valence-electron chi connectivity index (χ0n) is 11.3. The van der Waals surface area contributed by atoms with Gasteiger partial charge in [0.2, 0.25) is 5.91 Å². The van der Waals surface area contributed by atoms with Crippen LogP contribution in [0.2, 0.25) is 0 Å². The highest BCUT2D eigenvalue weighted by molar-refractivity contribution is 7.99. The van der Waals surface area contributed by atoms with Crippen LogP contribution in [0, 0.1) is 0 Å². The highest BCUT2D eigenvalue weighted by atomic mass is 32.2. The lowest BCUT2D eigenvalue weighted by atomic mass is 10.1. The van der Waals surface area contributed by atoms with Crippen LogP contribution in [0.5, 0.6) is 0 Å². The van der Waals surface area contributed by atoms with Crippen molar-refractivity contribution >= 4 is 23.5 Å². The first-order valence-corrected chi connectivity index (χ1v) is 7.74. The molecule has 19 heavy (non-hydrogen) atoms. The van der Waals surface area contributed by atoms with Crippen molar-refractivity contribution in [1.82, 2.24) is 15.3 Å². The number of hydrogen-bond acceptors (Lipinski definition) is 5. The molecule has 0 aromatic carbocycles. The summed E-state index contributed by atoms with van der Waals surface area (Å²) in [6.45, 7) is 4.72. The fourth-order valence-corrected chi connectivity index (χ4v) is 2.78. The van der Waals surface area contributed by atoms with Gasteiger partial charge in [0, 0.05) is 25.7 Å². The zero-order valence-corrected chi connectivity index (χ0v) is 12.1. The third-order valence-corrected chi connectivity index (χ3v) is 3.96. The van der Waals surface area contributed by atoms with E-state index in [9.17, 15) is 4.79 Å². The first kappa shape index (κ1) is 14.1. The summed E-state index contributed by atoms with van der Waals surface area (Å²) in [6.07, 6.45) is 5.35. The van der Waals surface area contributed by atoms with E-state index >= 15 is 0 Å². The molecule has 0 saturated carbocycles. The van der Waals surface area contributed by atoms with Crippen molar-refractivity contribution in [2.75, 3.05) is 30.3 Å². The predicted molar refractivity (Wildman–Crippen MR) is 77.5 cm³/mol. The standard InChI is InChI=1S/C13H20N4OS/c1-2-14-12(18)9-19-13-8-11(15-10-16-13)17-6-4-3-5-7-17/h8,10H,2-7,9H2,1H3,(H,14,18). The van der Waals surface area contributed by atoms with E-state index < -0.39 is 0 Å². The highest BCUT2D eigenvalue weighted by Gasteiger charge is 2.13. The molecule has 1 aliphatic heterocycles. The van der Waals surface area contributed by atoms with Crippen molar-refractivity contribution in [2.24, 2.45) is 0 Å². The molecule has 1 aromatic heterocycles. The minimum Gasteiger partial charge on any atom is -0.356 e. The Morgan fingerprint density at radius 2 is 2.16 bits per heavy atom. The van der Waals surface area contributed by atoms with Gasteiger partial charge in [0.1, 0.15) is 17.2 Å². The molecule has 1 saturated heterocycles. The maximum atomic E-state index is 11.4. The number of aromatic nitrogens is 2. The molecule has 1 N–H and O–H groups in total. The Kier molecular flexibility index (Phi) is 5.44. The average Bonchev–Trinajstić information content (AvgIpc) is 2.47. The number of anilines is 1. The van der Waals surface area contributed by atoms with Crippen molar-refractivity contribution in [2.45, 2.75) is 31.2 Å². The van der Waals surface area contributed by atoms with E-state index in [1.807, 2.05) is 13.0 Å². The normalized spacial score (nSPS) is 15.3. The lowest BCUT2D eigenvalue weighted by molar-refractivity contribution is -0.118. The summed E-state index contributed by atoms with van der Waals surface area (Å²) < 4.78 is 0. The summed E-state index contributed by atoms with van der Waals surface area (Å²) in [5, 5.41) is 3.64. The molecular formula is C13H20N4OS. The molecule has 6 heteroatoms. The molecule has 0 aliphatic carbocycles. The van der Waals surface area contributed by atoms with Crippen LogP contribution in [-0.2, 0) is 4.79 Å². The van der Waals surface area contributed by atoms with E-state index in [1.54, 1.807) is 6.33 Å². The molecule has 0 radical (unpaired) electrons. The van der Waals surface area contributed by atoms with Gasteiger partial charge >= 0.3 is 0 Å². The van der Waals surface area contributed by atoms with Gasteiger partial charge in [-0.2, -0.15) is 0 Å². The van der Waals surface area contributed by atoms with Gasteiger partial charge in [-0.25, -0.2) is 9.97 Å². The van der Waals surface area contributed by atoms with E-state index in [-0.39, 0.29) is 5.91 Å². The van der Waals surface area contributed by atoms with Crippen LogP contribution in [0.15, 0.2) is 17.4 Å². The van der Waals surface area contributed by atoms with Gasteiger partial charge < -0.3 is 10.2 Å². The summed E-state index contributed by atoms with van der Waals surface area (Å²) in [7, 11) is 0. The number of carbonyl (C=O) groups is 1. The van der Waals surface area contributed by atoms with Crippen molar-refractivity contribution < 1.29 is 4.79 Å². The number of rotatable bonds is 5. The van der Waals surface area contributed by atoms with E-state index in [4.69, 9.17) is 0 Å². The van der Waals surface area contributed by atoms with Crippen LogP contribution in [0.4, 0.5) is 5.82 Å². The average molecular weight is 280 g/mol. The summed E-state index contributed by atoms with van der Waals surface area (Å²) in [5.74, 6) is 1.43. The number of nitrogens with zero attached hydrogens (tertiary/aromatic N) is 3. The van der Waals surface area contributed by atoms with Gasteiger partial charge in [-0.15, -0.1) is 0 Å². The predicted octanol–water partition coefficient (Wildman–Crippen LogP) is 1.70. The van der Waals surface area contributed by atoms with Gasteiger partial charge in [-0.05, 0) is 26.2 Å².